The Bertz CT molecular complexity index is 1570. The van der Waals surface area contributed by atoms with Crippen molar-refractivity contribution in [3.63, 3.8) is 0 Å². The Hall–Kier alpha value is -3.32. The van der Waals surface area contributed by atoms with Gasteiger partial charge in [0.25, 0.3) is 0 Å². The van der Waals surface area contributed by atoms with Gasteiger partial charge in [0.1, 0.15) is 55.4 Å². The van der Waals surface area contributed by atoms with Crippen molar-refractivity contribution in [2.75, 3.05) is 26.4 Å². The molecular weight excluding hydrogens is 925 g/mol. The zero-order valence-corrected chi connectivity index (χ0v) is 43.6. The van der Waals surface area contributed by atoms with E-state index in [0.717, 1.165) is 70.6 Å². The molecule has 2 saturated heterocycles. The fourth-order valence-electron chi connectivity index (χ4n) is 7.94. The van der Waals surface area contributed by atoms with E-state index >= 15 is 0 Å². The Morgan fingerprint density at radius 3 is 1.43 bits per heavy atom. The van der Waals surface area contributed by atoms with E-state index in [-0.39, 0.29) is 19.4 Å². The maximum absolute atomic E-state index is 13.0. The number of ether oxygens (including phenoxy) is 6. The van der Waals surface area contributed by atoms with E-state index < -0.39 is 99.3 Å². The summed E-state index contributed by atoms with van der Waals surface area (Å²) in [5.41, 5.74) is 0. The first-order valence-electron chi connectivity index (χ1n) is 27.2. The van der Waals surface area contributed by atoms with Gasteiger partial charge in [-0.2, -0.15) is 0 Å². The molecule has 15 heteroatoms. The standard InChI is InChI=1S/C57H94O15/c1-3-5-7-9-11-13-15-17-19-21-22-24-25-27-29-31-33-35-37-39-48(59)67-42-45(70-49(60)40-38-36-34-32-30-28-26-23-20-18-16-14-12-10-8-6-4-2)43-68-56-55(66)53(64)51(62)47(72-56)44-69-57-54(65)52(63)50(61)46(41-58)71-57/h5,7,11,13,17-20,22,24,27,29,33,35,45-47,50-58,61-66H,3-4,6,8-10,12,14-16,21,23,25-26,28,30-32,34,36-44H2,1-2H3/b7-5+,13-11+,19-17+,20-18+,24-22+,29-27+,35-33+/t45-,46+,47+,50-,51-,52?,53?,54?,55?,56+,57+/m0/s1. The zero-order chi connectivity index (χ0) is 52.4. The van der Waals surface area contributed by atoms with Gasteiger partial charge in [-0.15, -0.1) is 0 Å². The van der Waals surface area contributed by atoms with Gasteiger partial charge in [0.2, 0.25) is 0 Å². The fourth-order valence-corrected chi connectivity index (χ4v) is 7.94. The molecule has 0 aromatic heterocycles. The third-order valence-electron chi connectivity index (χ3n) is 12.4. The second-order valence-corrected chi connectivity index (χ2v) is 18.7. The fraction of sp³-hybridized carbons (Fsp3) is 0.719. The van der Waals surface area contributed by atoms with Gasteiger partial charge in [-0.3, -0.25) is 9.59 Å². The van der Waals surface area contributed by atoms with Crippen molar-refractivity contribution in [1.29, 1.82) is 0 Å². The molecule has 15 nitrogen and oxygen atoms in total. The molecule has 412 valence electrons. The lowest BCUT2D eigenvalue weighted by atomic mass is 9.98. The van der Waals surface area contributed by atoms with E-state index in [9.17, 15) is 45.3 Å². The average Bonchev–Trinajstić information content (AvgIpc) is 3.37. The predicted molar refractivity (Wildman–Crippen MR) is 279 cm³/mol. The van der Waals surface area contributed by atoms with Crippen molar-refractivity contribution in [1.82, 2.24) is 0 Å². The van der Waals surface area contributed by atoms with Crippen molar-refractivity contribution in [3.05, 3.63) is 85.1 Å². The number of carbonyl (C=O) groups is 2. The molecule has 0 aromatic rings. The molecule has 0 bridgehead atoms. The lowest BCUT2D eigenvalue weighted by Crippen LogP contribution is -2.61. The molecule has 11 atom stereocenters. The van der Waals surface area contributed by atoms with Gasteiger partial charge in [0, 0.05) is 12.8 Å². The molecule has 0 aromatic carbocycles. The minimum absolute atomic E-state index is 0.0876. The highest BCUT2D eigenvalue weighted by Crippen LogP contribution is 2.26. The lowest BCUT2D eigenvalue weighted by molar-refractivity contribution is -0.332. The summed E-state index contributed by atoms with van der Waals surface area (Å²) >= 11 is 0. The molecule has 7 N–H and O–H groups in total. The van der Waals surface area contributed by atoms with Gasteiger partial charge in [0.15, 0.2) is 18.7 Å². The molecule has 0 radical (unpaired) electrons. The van der Waals surface area contributed by atoms with Crippen LogP contribution in [0.1, 0.15) is 168 Å². The number of esters is 2. The molecule has 0 spiro atoms. The summed E-state index contributed by atoms with van der Waals surface area (Å²) < 4.78 is 33.5. The van der Waals surface area contributed by atoms with Crippen LogP contribution in [0, 0.1) is 0 Å². The highest BCUT2D eigenvalue weighted by molar-refractivity contribution is 5.70. The summed E-state index contributed by atoms with van der Waals surface area (Å²) in [7, 11) is 0. The minimum Gasteiger partial charge on any atom is -0.462 e. The van der Waals surface area contributed by atoms with E-state index in [1.165, 1.54) is 57.8 Å². The van der Waals surface area contributed by atoms with Crippen LogP contribution in [0.5, 0.6) is 0 Å². The van der Waals surface area contributed by atoms with E-state index in [0.29, 0.717) is 12.8 Å². The number of unbranched alkanes of at least 4 members (excludes halogenated alkanes) is 13. The van der Waals surface area contributed by atoms with Crippen LogP contribution in [0.3, 0.4) is 0 Å². The Labute approximate surface area is 431 Å². The van der Waals surface area contributed by atoms with Crippen LogP contribution >= 0.6 is 0 Å². The molecule has 0 saturated carbocycles. The van der Waals surface area contributed by atoms with Crippen LogP contribution < -0.4 is 0 Å². The molecule has 2 aliphatic heterocycles. The molecule has 0 aliphatic carbocycles. The first-order valence-corrected chi connectivity index (χ1v) is 27.2. The van der Waals surface area contributed by atoms with Gasteiger partial charge in [0.05, 0.1) is 19.8 Å². The molecule has 4 unspecified atom stereocenters. The second kappa shape index (κ2) is 43.0. The van der Waals surface area contributed by atoms with Crippen LogP contribution in [-0.4, -0.2) is 142 Å². The maximum Gasteiger partial charge on any atom is 0.306 e. The van der Waals surface area contributed by atoms with E-state index in [1.54, 1.807) is 0 Å². The number of aliphatic hydroxyl groups excluding tert-OH is 7. The number of carbonyl (C=O) groups excluding carboxylic acids is 2. The molecule has 0 amide bonds. The lowest BCUT2D eigenvalue weighted by Gasteiger charge is -2.42. The van der Waals surface area contributed by atoms with Crippen LogP contribution in [0.25, 0.3) is 0 Å². The topological polar surface area (TPSA) is 231 Å². The normalized spacial score (nSPS) is 25.7. The summed E-state index contributed by atoms with van der Waals surface area (Å²) in [6, 6.07) is 0. The van der Waals surface area contributed by atoms with Gasteiger partial charge in [-0.05, 0) is 77.0 Å². The van der Waals surface area contributed by atoms with Gasteiger partial charge < -0.3 is 64.2 Å². The summed E-state index contributed by atoms with van der Waals surface area (Å²) in [5.74, 6) is -1.03. The third-order valence-corrected chi connectivity index (χ3v) is 12.4. The summed E-state index contributed by atoms with van der Waals surface area (Å²) in [6.45, 7) is 2.38. The number of allylic oxidation sites excluding steroid dienone is 14. The number of rotatable bonds is 41. The van der Waals surface area contributed by atoms with E-state index in [2.05, 4.69) is 86.8 Å². The minimum atomic E-state index is -1.78. The Morgan fingerprint density at radius 1 is 0.458 bits per heavy atom. The van der Waals surface area contributed by atoms with Crippen molar-refractivity contribution < 1.29 is 73.8 Å². The first kappa shape index (κ1) is 64.8. The third kappa shape index (κ3) is 30.1. The van der Waals surface area contributed by atoms with Crippen LogP contribution in [-0.2, 0) is 38.0 Å². The summed E-state index contributed by atoms with van der Waals surface area (Å²) in [6.07, 6.45) is 36.2. The Morgan fingerprint density at radius 2 is 0.903 bits per heavy atom. The first-order chi connectivity index (χ1) is 35.0. The molecule has 2 fully saturated rings. The van der Waals surface area contributed by atoms with Crippen LogP contribution in [0.4, 0.5) is 0 Å². The maximum atomic E-state index is 13.0. The summed E-state index contributed by atoms with van der Waals surface area (Å²) in [4.78, 5) is 25.8. The van der Waals surface area contributed by atoms with Crippen molar-refractivity contribution in [2.45, 2.75) is 235 Å². The number of aliphatic hydroxyl groups is 7. The van der Waals surface area contributed by atoms with Gasteiger partial charge >= 0.3 is 11.9 Å². The largest absolute Gasteiger partial charge is 0.462 e. The second-order valence-electron chi connectivity index (χ2n) is 18.7. The molecule has 72 heavy (non-hydrogen) atoms. The predicted octanol–water partition coefficient (Wildman–Crippen LogP) is 8.38. The SMILES string of the molecule is CC/C=C/C/C=C/C/C=C/C/C=C/C/C=C/C/C=C/CCC(=O)OC[C@@H](CO[C@@H]1O[C@H](CO[C@@H]2O[C@H](CO)[C@H](O)C(O)C2O)[C@H](O)C(O)C1O)OC(=O)CCCCCCCCC/C=C/CCCCCCCC. The molecule has 2 rings (SSSR count). The van der Waals surface area contributed by atoms with Gasteiger partial charge in [-0.25, -0.2) is 0 Å². The molecule has 2 heterocycles. The molecule has 2 aliphatic rings. The van der Waals surface area contributed by atoms with E-state index in [4.69, 9.17) is 28.4 Å². The zero-order valence-electron chi connectivity index (χ0n) is 43.6. The Kier molecular flexibility index (Phi) is 38.7. The summed E-state index contributed by atoms with van der Waals surface area (Å²) in [5, 5.41) is 72.2. The van der Waals surface area contributed by atoms with E-state index in [1.807, 2.05) is 12.2 Å². The van der Waals surface area contributed by atoms with Crippen LogP contribution in [0.2, 0.25) is 0 Å². The van der Waals surface area contributed by atoms with Crippen LogP contribution in [0.15, 0.2) is 85.1 Å². The highest BCUT2D eigenvalue weighted by atomic mass is 16.7. The van der Waals surface area contributed by atoms with Crippen molar-refractivity contribution in [2.24, 2.45) is 0 Å². The smallest absolute Gasteiger partial charge is 0.306 e. The van der Waals surface area contributed by atoms with Crippen molar-refractivity contribution in [3.8, 4) is 0 Å². The van der Waals surface area contributed by atoms with Gasteiger partial charge in [-0.1, -0.05) is 163 Å². The number of hydrogen-bond donors (Lipinski definition) is 7. The average molecular weight is 1020 g/mol. The molecular formula is C57H94O15. The highest BCUT2D eigenvalue weighted by Gasteiger charge is 2.47. The van der Waals surface area contributed by atoms with Crippen molar-refractivity contribution >= 4 is 11.9 Å². The quantitative estimate of drug-likeness (QED) is 0.0173. The monoisotopic (exact) mass is 1020 g/mol. The Balaban J connectivity index is 1.83. The number of hydrogen-bond acceptors (Lipinski definition) is 15.